The maximum Gasteiger partial charge on any atom is 0.414 e. The Morgan fingerprint density at radius 1 is 1.21 bits per heavy atom. The summed E-state index contributed by atoms with van der Waals surface area (Å²) in [7, 11) is 2.76. The van der Waals surface area contributed by atoms with Crippen LogP contribution < -0.4 is 9.64 Å². The summed E-state index contributed by atoms with van der Waals surface area (Å²) in [6, 6.07) is 9.78. The van der Waals surface area contributed by atoms with Crippen LogP contribution in [-0.2, 0) is 16.0 Å². The van der Waals surface area contributed by atoms with Gasteiger partial charge < -0.3 is 24.3 Å². The van der Waals surface area contributed by atoms with Crippen LogP contribution in [0.1, 0.15) is 68.1 Å². The molecule has 1 amide bonds. The van der Waals surface area contributed by atoms with Crippen molar-refractivity contribution >= 4 is 28.8 Å². The second-order valence-corrected chi connectivity index (χ2v) is 9.99. The molecule has 3 aromatic rings. The highest BCUT2D eigenvalue weighted by molar-refractivity contribution is 5.94. The van der Waals surface area contributed by atoms with E-state index in [1.807, 2.05) is 11.5 Å². The van der Waals surface area contributed by atoms with Crippen molar-refractivity contribution in [3.8, 4) is 5.75 Å². The van der Waals surface area contributed by atoms with Crippen LogP contribution in [0, 0.1) is 23.9 Å². The number of imidazole rings is 1. The molecule has 4 atom stereocenters. The van der Waals surface area contributed by atoms with E-state index in [1.165, 1.54) is 37.3 Å². The van der Waals surface area contributed by atoms with E-state index in [1.54, 1.807) is 0 Å². The Labute approximate surface area is 219 Å². The fourth-order valence-electron chi connectivity index (χ4n) is 5.84. The lowest BCUT2D eigenvalue weighted by Gasteiger charge is -2.32. The second kappa shape index (κ2) is 10.1. The molecule has 1 saturated carbocycles. The van der Waals surface area contributed by atoms with Gasteiger partial charge in [-0.15, -0.1) is 0 Å². The number of aromatic nitrogens is 2. The molecule has 3 unspecified atom stereocenters. The van der Waals surface area contributed by atoms with Gasteiger partial charge in [-0.05, 0) is 69.4 Å². The summed E-state index contributed by atoms with van der Waals surface area (Å²) in [6.07, 6.45) is 1.73. The number of anilines is 1. The molecule has 1 aliphatic carbocycles. The SMILES string of the molecule is COC(=O)N1c2c#cc3c(nc(C(O)c4cc(F)ccc4OC)n3C3CCCC(C(=O)O)C3)c2CC[C@@H]1C. The molecule has 1 fully saturated rings. The molecule has 0 saturated heterocycles. The number of carboxylic acids is 1. The lowest BCUT2D eigenvalue weighted by molar-refractivity contribution is -0.143. The summed E-state index contributed by atoms with van der Waals surface area (Å²) in [5.41, 5.74) is 2.60. The minimum Gasteiger partial charge on any atom is -0.496 e. The molecule has 9 nitrogen and oxygen atoms in total. The highest BCUT2D eigenvalue weighted by atomic mass is 19.1. The van der Waals surface area contributed by atoms with Crippen LogP contribution in [-0.4, -0.2) is 52.1 Å². The number of methoxy groups -OCH3 is 2. The van der Waals surface area contributed by atoms with Gasteiger partial charge in [0.1, 0.15) is 40.2 Å². The Bertz CT molecular complexity index is 1390. The number of hydrogen-bond acceptors (Lipinski definition) is 6. The Morgan fingerprint density at radius 3 is 2.71 bits per heavy atom. The number of carboxylic acid groups (broad SMARTS) is 1. The van der Waals surface area contributed by atoms with E-state index in [-0.39, 0.29) is 23.5 Å². The first-order valence-corrected chi connectivity index (χ1v) is 12.7. The zero-order valence-corrected chi connectivity index (χ0v) is 21.5. The van der Waals surface area contributed by atoms with E-state index in [9.17, 15) is 24.2 Å². The molecule has 2 aromatic carbocycles. The number of aliphatic hydroxyl groups is 1. The molecule has 10 heteroatoms. The molecule has 38 heavy (non-hydrogen) atoms. The molecule has 1 aliphatic heterocycles. The average Bonchev–Trinajstić information content (AvgIpc) is 3.32. The number of aliphatic carboxylic acids is 1. The van der Waals surface area contributed by atoms with Gasteiger partial charge in [0, 0.05) is 23.2 Å². The number of aryl methyl sites for hydroxylation is 1. The van der Waals surface area contributed by atoms with Gasteiger partial charge in [0.05, 0.1) is 20.1 Å². The van der Waals surface area contributed by atoms with Crippen LogP contribution in [0.5, 0.6) is 5.75 Å². The highest BCUT2D eigenvalue weighted by Crippen LogP contribution is 2.42. The van der Waals surface area contributed by atoms with Gasteiger partial charge in [0.25, 0.3) is 0 Å². The van der Waals surface area contributed by atoms with Gasteiger partial charge in [-0.3, -0.25) is 9.69 Å². The Balaban J connectivity index is 1.72. The first-order chi connectivity index (χ1) is 18.2. The Hall–Kier alpha value is -3.84. The van der Waals surface area contributed by atoms with E-state index in [2.05, 4.69) is 12.1 Å². The molecule has 0 bridgehead atoms. The lowest BCUT2D eigenvalue weighted by Crippen LogP contribution is -2.42. The number of hydrogen-bond donors (Lipinski definition) is 2. The average molecular weight is 524 g/mol. The number of fused-ring (bicyclic) bond motifs is 3. The third kappa shape index (κ3) is 4.31. The molecule has 2 heterocycles. The molecule has 2 aliphatic rings. The van der Waals surface area contributed by atoms with Crippen molar-refractivity contribution in [2.45, 2.75) is 63.6 Å². The van der Waals surface area contributed by atoms with Gasteiger partial charge in [-0.2, -0.15) is 0 Å². The van der Waals surface area contributed by atoms with Gasteiger partial charge in [0.2, 0.25) is 0 Å². The maximum atomic E-state index is 14.3. The summed E-state index contributed by atoms with van der Waals surface area (Å²) >= 11 is 0. The minimum absolute atomic E-state index is 0.115. The third-order valence-electron chi connectivity index (χ3n) is 7.77. The second-order valence-electron chi connectivity index (χ2n) is 9.99. The summed E-state index contributed by atoms with van der Waals surface area (Å²) in [5.74, 6) is -1.39. The summed E-state index contributed by atoms with van der Waals surface area (Å²) < 4.78 is 26.5. The van der Waals surface area contributed by atoms with E-state index in [0.29, 0.717) is 61.0 Å². The van der Waals surface area contributed by atoms with Crippen LogP contribution in [0.2, 0.25) is 0 Å². The number of halogens is 1. The van der Waals surface area contributed by atoms with E-state index < -0.39 is 29.9 Å². The van der Waals surface area contributed by atoms with Crippen LogP contribution >= 0.6 is 0 Å². The van der Waals surface area contributed by atoms with Crippen LogP contribution in [0.3, 0.4) is 0 Å². The van der Waals surface area contributed by atoms with E-state index in [4.69, 9.17) is 14.5 Å². The number of rotatable bonds is 5. The number of amides is 1. The standard InChI is InChI=1S/C28H30FN3O6/c1-15-7-9-19-21(31(15)28(36)38-3)10-11-22-24(19)30-26(25(33)20-14-17(29)8-12-23(20)37-2)32(22)18-6-4-5-16(13-18)27(34)35/h8,12,14-16,18,25,33H,4-7,9,13H2,1-3H3,(H,34,35)/t15-,16?,18?,25?/m0/s1. The molecule has 1 aromatic heterocycles. The first kappa shape index (κ1) is 25.8. The number of carbonyl (C=O) groups excluding carboxylic acids is 1. The predicted molar refractivity (Wildman–Crippen MR) is 136 cm³/mol. The fourth-order valence-corrected chi connectivity index (χ4v) is 5.84. The summed E-state index contributed by atoms with van der Waals surface area (Å²) in [6.45, 7) is 1.93. The zero-order chi connectivity index (χ0) is 27.1. The molecule has 0 radical (unpaired) electrons. The highest BCUT2D eigenvalue weighted by Gasteiger charge is 2.36. The lowest BCUT2D eigenvalue weighted by atomic mass is 9.85. The minimum atomic E-state index is -1.36. The fraction of sp³-hybridized carbons (Fsp3) is 0.464. The monoisotopic (exact) mass is 523 g/mol. The smallest absolute Gasteiger partial charge is 0.414 e. The van der Waals surface area contributed by atoms with Crippen LogP contribution in [0.4, 0.5) is 14.9 Å². The topological polar surface area (TPSA) is 114 Å². The maximum absolute atomic E-state index is 14.3. The summed E-state index contributed by atoms with van der Waals surface area (Å²) in [5, 5.41) is 21.3. The third-order valence-corrected chi connectivity index (χ3v) is 7.77. The molecular formula is C28H30FN3O6. The van der Waals surface area contributed by atoms with Crippen molar-refractivity contribution in [3.63, 3.8) is 0 Å². The number of benzene rings is 1. The van der Waals surface area contributed by atoms with Crippen LogP contribution in [0.15, 0.2) is 18.2 Å². The van der Waals surface area contributed by atoms with Crippen molar-refractivity contribution in [2.75, 3.05) is 19.1 Å². The van der Waals surface area contributed by atoms with Crippen molar-refractivity contribution in [2.24, 2.45) is 5.92 Å². The predicted octanol–water partition coefficient (Wildman–Crippen LogP) is 4.59. The van der Waals surface area contributed by atoms with Crippen molar-refractivity contribution in [1.29, 1.82) is 0 Å². The summed E-state index contributed by atoms with van der Waals surface area (Å²) in [4.78, 5) is 30.8. The number of carbonyl (C=O) groups is 2. The number of ether oxygens (including phenoxy) is 2. The molecule has 5 rings (SSSR count). The molecular weight excluding hydrogens is 493 g/mol. The first-order valence-electron chi connectivity index (χ1n) is 12.7. The van der Waals surface area contributed by atoms with Crippen molar-refractivity contribution in [3.05, 3.63) is 53.1 Å². The van der Waals surface area contributed by atoms with Gasteiger partial charge in [-0.1, -0.05) is 6.42 Å². The molecule has 2 N–H and O–H groups in total. The van der Waals surface area contributed by atoms with Crippen LogP contribution in [0.25, 0.3) is 11.0 Å². The van der Waals surface area contributed by atoms with E-state index in [0.717, 1.165) is 5.56 Å². The van der Waals surface area contributed by atoms with E-state index >= 15 is 0 Å². The number of aliphatic hydroxyl groups excluding tert-OH is 1. The quantitative estimate of drug-likeness (QED) is 0.503. The Morgan fingerprint density at radius 2 is 2.00 bits per heavy atom. The molecule has 200 valence electrons. The normalized spacial score (nSPS) is 21.9. The largest absolute Gasteiger partial charge is 0.496 e. The van der Waals surface area contributed by atoms with Gasteiger partial charge in [0.15, 0.2) is 0 Å². The van der Waals surface area contributed by atoms with Gasteiger partial charge in [-0.25, -0.2) is 14.2 Å². The van der Waals surface area contributed by atoms with Crippen molar-refractivity contribution in [1.82, 2.24) is 9.55 Å². The van der Waals surface area contributed by atoms with Gasteiger partial charge >= 0.3 is 12.1 Å². The number of nitrogens with zero attached hydrogens (tertiary/aromatic N) is 3. The molecule has 0 spiro atoms. The Kier molecular flexibility index (Phi) is 6.88. The van der Waals surface area contributed by atoms with Crippen molar-refractivity contribution < 1.29 is 33.7 Å². The zero-order valence-electron chi connectivity index (χ0n) is 21.5.